The van der Waals surface area contributed by atoms with Crippen molar-refractivity contribution in [3.05, 3.63) is 52.8 Å². The first-order valence-electron chi connectivity index (χ1n) is 6.04. The monoisotopic (exact) mass is 292 g/mol. The Bertz CT molecular complexity index is 672. The smallest absolute Gasteiger partial charge is 0.350 e. The highest BCUT2D eigenvalue weighted by atomic mass is 19.4. The summed E-state index contributed by atoms with van der Waals surface area (Å²) in [6, 6.07) is 8.28. The number of hydrogen-bond acceptors (Lipinski definition) is 4. The zero-order valence-corrected chi connectivity index (χ0v) is 11.1. The Hall–Kier alpha value is -2.62. The van der Waals surface area contributed by atoms with Crippen LogP contribution < -0.4 is 5.32 Å². The molecule has 1 N–H and O–H groups in total. The Kier molecular flexibility index (Phi) is 4.08. The molecule has 21 heavy (non-hydrogen) atoms. The predicted molar refractivity (Wildman–Crippen MR) is 70.3 cm³/mol. The van der Waals surface area contributed by atoms with Gasteiger partial charge in [-0.2, -0.15) is 18.4 Å². The molecule has 7 heteroatoms. The number of nitrogens with one attached hydrogen (secondary N) is 1. The zero-order valence-electron chi connectivity index (χ0n) is 11.1. The molecule has 2 rings (SSSR count). The Morgan fingerprint density at radius 1 is 1.19 bits per heavy atom. The fourth-order valence-electron chi connectivity index (χ4n) is 1.70. The van der Waals surface area contributed by atoms with Gasteiger partial charge < -0.3 is 5.32 Å². The van der Waals surface area contributed by atoms with E-state index >= 15 is 0 Å². The van der Waals surface area contributed by atoms with Crippen LogP contribution >= 0.6 is 0 Å². The van der Waals surface area contributed by atoms with Gasteiger partial charge in [-0.3, -0.25) is 0 Å². The van der Waals surface area contributed by atoms with E-state index in [1.807, 2.05) is 6.07 Å². The lowest BCUT2D eigenvalue weighted by Crippen LogP contribution is -2.07. The van der Waals surface area contributed by atoms with Gasteiger partial charge in [0.05, 0.1) is 5.56 Å². The van der Waals surface area contributed by atoms with Crippen molar-refractivity contribution in [2.24, 2.45) is 0 Å². The molecule has 1 heterocycles. The van der Waals surface area contributed by atoms with E-state index in [9.17, 15) is 13.2 Å². The molecule has 1 aromatic heterocycles. The molecule has 0 spiro atoms. The van der Waals surface area contributed by atoms with Crippen LogP contribution in [0.3, 0.4) is 0 Å². The lowest BCUT2D eigenvalue weighted by Gasteiger charge is -2.09. The summed E-state index contributed by atoms with van der Waals surface area (Å²) in [4.78, 5) is 8.06. The quantitative estimate of drug-likeness (QED) is 0.943. The van der Waals surface area contributed by atoms with Crippen molar-refractivity contribution < 1.29 is 13.2 Å². The topological polar surface area (TPSA) is 61.6 Å². The van der Waals surface area contributed by atoms with Crippen LogP contribution in [-0.4, -0.2) is 9.97 Å². The van der Waals surface area contributed by atoms with E-state index in [0.717, 1.165) is 12.1 Å². The molecule has 0 aliphatic carbocycles. The summed E-state index contributed by atoms with van der Waals surface area (Å²) in [6.07, 6.45) is -4.34. The summed E-state index contributed by atoms with van der Waals surface area (Å²) in [5.41, 5.74) is 0.838. The third kappa shape index (κ3) is 3.92. The summed E-state index contributed by atoms with van der Waals surface area (Å²) in [7, 11) is 0. The molecule has 2 aromatic rings. The molecule has 0 radical (unpaired) electrons. The van der Waals surface area contributed by atoms with E-state index in [1.54, 1.807) is 13.0 Å². The number of aromatic nitrogens is 2. The second kappa shape index (κ2) is 5.79. The van der Waals surface area contributed by atoms with Crippen LogP contribution in [0.4, 0.5) is 19.1 Å². The molecule has 0 saturated carbocycles. The highest BCUT2D eigenvalue weighted by Crippen LogP contribution is 2.29. The third-order valence-electron chi connectivity index (χ3n) is 2.70. The maximum absolute atomic E-state index is 12.4. The number of alkyl halides is 3. The molecule has 1 aromatic carbocycles. The van der Waals surface area contributed by atoms with E-state index < -0.39 is 11.7 Å². The highest BCUT2D eigenvalue weighted by Gasteiger charge is 2.29. The lowest BCUT2D eigenvalue weighted by atomic mass is 10.1. The van der Waals surface area contributed by atoms with Crippen molar-refractivity contribution in [2.45, 2.75) is 19.6 Å². The highest BCUT2D eigenvalue weighted by molar-refractivity contribution is 5.34. The van der Waals surface area contributed by atoms with Gasteiger partial charge >= 0.3 is 6.18 Å². The Morgan fingerprint density at radius 3 is 2.43 bits per heavy atom. The normalized spacial score (nSPS) is 11.0. The van der Waals surface area contributed by atoms with Crippen LogP contribution in [0, 0.1) is 18.3 Å². The predicted octanol–water partition coefficient (Wildman–Crippen LogP) is 3.29. The van der Waals surface area contributed by atoms with Gasteiger partial charge in [0.15, 0.2) is 0 Å². The average Bonchev–Trinajstić information content (AvgIpc) is 2.44. The number of rotatable bonds is 3. The Balaban J connectivity index is 2.07. The number of benzene rings is 1. The molecule has 0 aliphatic heterocycles. The number of nitrogens with zero attached hydrogens (tertiary/aromatic N) is 3. The molecule has 4 nitrogen and oxygen atoms in total. The standard InChI is InChI=1S/C14H11F3N4/c1-9-6-12(7-18)21-13(20-9)19-8-10-2-4-11(5-3-10)14(15,16)17/h2-6H,8H2,1H3,(H,19,20,21). The molecular weight excluding hydrogens is 281 g/mol. The molecule has 0 amide bonds. The fraction of sp³-hybridized carbons (Fsp3) is 0.214. The van der Waals surface area contributed by atoms with Crippen LogP contribution in [0.15, 0.2) is 30.3 Å². The average molecular weight is 292 g/mol. The molecule has 0 aliphatic rings. The molecular formula is C14H11F3N4. The molecule has 0 bridgehead atoms. The summed E-state index contributed by atoms with van der Waals surface area (Å²) in [5.74, 6) is 0.270. The summed E-state index contributed by atoms with van der Waals surface area (Å²) >= 11 is 0. The van der Waals surface area contributed by atoms with Gasteiger partial charge in [0.1, 0.15) is 11.8 Å². The lowest BCUT2D eigenvalue weighted by molar-refractivity contribution is -0.137. The van der Waals surface area contributed by atoms with E-state index in [2.05, 4.69) is 15.3 Å². The summed E-state index contributed by atoms with van der Waals surface area (Å²) in [6.45, 7) is 2.00. The van der Waals surface area contributed by atoms with Gasteiger partial charge in [0.25, 0.3) is 0 Å². The largest absolute Gasteiger partial charge is 0.416 e. The number of anilines is 1. The van der Waals surface area contributed by atoms with Crippen molar-refractivity contribution >= 4 is 5.95 Å². The molecule has 0 unspecified atom stereocenters. The minimum absolute atomic E-state index is 0.234. The Labute approximate surface area is 119 Å². The first-order chi connectivity index (χ1) is 9.88. The van der Waals surface area contributed by atoms with E-state index in [1.165, 1.54) is 12.1 Å². The van der Waals surface area contributed by atoms with Crippen LogP contribution in [0.5, 0.6) is 0 Å². The third-order valence-corrected chi connectivity index (χ3v) is 2.70. The molecule has 0 fully saturated rings. The van der Waals surface area contributed by atoms with Gasteiger partial charge in [-0.05, 0) is 30.7 Å². The van der Waals surface area contributed by atoms with Gasteiger partial charge in [-0.25, -0.2) is 9.97 Å². The van der Waals surface area contributed by atoms with Crippen molar-refractivity contribution in [1.82, 2.24) is 9.97 Å². The molecule has 0 atom stereocenters. The number of hydrogen-bond donors (Lipinski definition) is 1. The van der Waals surface area contributed by atoms with Crippen molar-refractivity contribution in [3.63, 3.8) is 0 Å². The summed E-state index contributed by atoms with van der Waals surface area (Å²) < 4.78 is 37.3. The van der Waals surface area contributed by atoms with Crippen LogP contribution in [0.1, 0.15) is 22.5 Å². The minimum atomic E-state index is -4.34. The maximum Gasteiger partial charge on any atom is 0.416 e. The van der Waals surface area contributed by atoms with Gasteiger partial charge in [-0.1, -0.05) is 12.1 Å². The van der Waals surface area contributed by atoms with Gasteiger partial charge in [0.2, 0.25) is 5.95 Å². The molecule has 0 saturated heterocycles. The first kappa shape index (κ1) is 14.8. The number of nitriles is 1. The number of halogens is 3. The first-order valence-corrected chi connectivity index (χ1v) is 6.04. The Morgan fingerprint density at radius 2 is 1.86 bits per heavy atom. The van der Waals surface area contributed by atoms with E-state index in [0.29, 0.717) is 11.3 Å². The van der Waals surface area contributed by atoms with Crippen molar-refractivity contribution in [2.75, 3.05) is 5.32 Å². The van der Waals surface area contributed by atoms with Crippen molar-refractivity contribution in [1.29, 1.82) is 5.26 Å². The molecule has 108 valence electrons. The maximum atomic E-state index is 12.4. The van der Waals surface area contributed by atoms with Crippen LogP contribution in [0.2, 0.25) is 0 Å². The van der Waals surface area contributed by atoms with Gasteiger partial charge in [0, 0.05) is 12.2 Å². The minimum Gasteiger partial charge on any atom is -0.350 e. The second-order valence-corrected chi connectivity index (χ2v) is 4.38. The van der Waals surface area contributed by atoms with E-state index in [-0.39, 0.29) is 18.2 Å². The fourth-order valence-corrected chi connectivity index (χ4v) is 1.70. The number of aryl methyl sites for hydroxylation is 1. The zero-order chi connectivity index (χ0) is 15.5. The SMILES string of the molecule is Cc1cc(C#N)nc(NCc2ccc(C(F)(F)F)cc2)n1. The second-order valence-electron chi connectivity index (χ2n) is 4.38. The van der Waals surface area contributed by atoms with Crippen molar-refractivity contribution in [3.8, 4) is 6.07 Å². The summed E-state index contributed by atoms with van der Waals surface area (Å²) in [5, 5.41) is 11.7. The van der Waals surface area contributed by atoms with Gasteiger partial charge in [-0.15, -0.1) is 0 Å². The van der Waals surface area contributed by atoms with E-state index in [4.69, 9.17) is 5.26 Å². The van der Waals surface area contributed by atoms with Crippen LogP contribution in [-0.2, 0) is 12.7 Å². The van der Waals surface area contributed by atoms with Crippen LogP contribution in [0.25, 0.3) is 0 Å².